The van der Waals surface area contributed by atoms with Crippen LogP contribution >= 0.6 is 0 Å². The summed E-state index contributed by atoms with van der Waals surface area (Å²) < 4.78 is 55.7. The van der Waals surface area contributed by atoms with Crippen molar-refractivity contribution in [3.8, 4) is 0 Å². The van der Waals surface area contributed by atoms with Gasteiger partial charge in [-0.15, -0.1) is 0 Å². The number of esters is 1. The molecule has 0 aliphatic carbocycles. The molecule has 1 unspecified atom stereocenters. The number of methoxy groups -OCH3 is 2. The Hall–Kier alpha value is -1.35. The standard InChI is InChI=1S/C17H29NO11S/c1-9(19)18-12-10(29-30(6,22)23)7-17(25-5,15(21)24-4)28-14(12)13(20)11-8-26-16(2,3)27-11/h10-14,20H,7-8H2,1-6H3,(H,18,19)/t10-,11-,12-,13-,14?,17-/m1/s1. The van der Waals surface area contributed by atoms with Crippen molar-refractivity contribution >= 4 is 22.0 Å². The molecule has 0 aromatic rings. The van der Waals surface area contributed by atoms with Gasteiger partial charge >= 0.3 is 5.97 Å². The van der Waals surface area contributed by atoms with E-state index in [-0.39, 0.29) is 6.61 Å². The lowest BCUT2D eigenvalue weighted by molar-refractivity contribution is -0.303. The second-order valence-corrected chi connectivity index (χ2v) is 9.26. The fourth-order valence-corrected chi connectivity index (χ4v) is 4.19. The molecule has 0 saturated carbocycles. The molecule has 2 aliphatic rings. The molecule has 0 aromatic carbocycles. The number of hydrogen-bond donors (Lipinski definition) is 2. The van der Waals surface area contributed by atoms with E-state index in [0.29, 0.717) is 0 Å². The van der Waals surface area contributed by atoms with E-state index in [0.717, 1.165) is 20.5 Å². The van der Waals surface area contributed by atoms with E-state index < -0.39 is 70.4 Å². The molecule has 0 spiro atoms. The largest absolute Gasteiger partial charge is 0.465 e. The summed E-state index contributed by atoms with van der Waals surface area (Å²) in [6, 6.07) is -1.16. The van der Waals surface area contributed by atoms with Gasteiger partial charge in [0.15, 0.2) is 5.79 Å². The molecule has 2 aliphatic heterocycles. The van der Waals surface area contributed by atoms with Gasteiger partial charge in [-0.2, -0.15) is 8.42 Å². The summed E-state index contributed by atoms with van der Waals surface area (Å²) in [7, 11) is -1.76. The first-order valence-electron chi connectivity index (χ1n) is 9.20. The van der Waals surface area contributed by atoms with Gasteiger partial charge in [0.1, 0.15) is 24.4 Å². The molecule has 30 heavy (non-hydrogen) atoms. The van der Waals surface area contributed by atoms with Crippen molar-refractivity contribution < 1.29 is 51.0 Å². The van der Waals surface area contributed by atoms with Gasteiger partial charge in [-0.3, -0.25) is 8.98 Å². The van der Waals surface area contributed by atoms with Crippen LogP contribution in [-0.4, -0.2) is 94.5 Å². The molecule has 2 heterocycles. The molecule has 2 rings (SSSR count). The van der Waals surface area contributed by atoms with E-state index in [4.69, 9.17) is 27.9 Å². The Morgan fingerprint density at radius 2 is 1.87 bits per heavy atom. The minimum atomic E-state index is -4.02. The summed E-state index contributed by atoms with van der Waals surface area (Å²) in [6.45, 7) is 4.50. The lowest BCUT2D eigenvalue weighted by Gasteiger charge is -2.47. The molecule has 174 valence electrons. The molecule has 2 N–H and O–H groups in total. The Kier molecular flexibility index (Phi) is 7.49. The molecule has 13 heteroatoms. The Bertz CT molecular complexity index is 755. The number of rotatable bonds is 7. The first-order chi connectivity index (χ1) is 13.7. The Morgan fingerprint density at radius 1 is 1.23 bits per heavy atom. The van der Waals surface area contributed by atoms with Gasteiger partial charge < -0.3 is 34.1 Å². The second-order valence-electron chi connectivity index (χ2n) is 7.66. The molecule has 0 bridgehead atoms. The van der Waals surface area contributed by atoms with Crippen molar-refractivity contribution in [1.82, 2.24) is 5.32 Å². The fourth-order valence-electron chi connectivity index (χ4n) is 3.55. The zero-order chi connectivity index (χ0) is 22.9. The van der Waals surface area contributed by atoms with Crippen molar-refractivity contribution in [2.45, 2.75) is 69.2 Å². The summed E-state index contributed by atoms with van der Waals surface area (Å²) in [5.41, 5.74) is 0. The fraction of sp³-hybridized carbons (Fsp3) is 0.882. The van der Waals surface area contributed by atoms with Crippen LogP contribution in [0.15, 0.2) is 0 Å². The van der Waals surface area contributed by atoms with E-state index in [1.165, 1.54) is 6.92 Å². The third-order valence-electron chi connectivity index (χ3n) is 4.79. The number of hydrogen-bond acceptors (Lipinski definition) is 11. The van der Waals surface area contributed by atoms with Crippen LogP contribution in [0.2, 0.25) is 0 Å². The third-order valence-corrected chi connectivity index (χ3v) is 5.39. The highest BCUT2D eigenvalue weighted by Crippen LogP contribution is 2.37. The summed E-state index contributed by atoms with van der Waals surface area (Å²) in [6.07, 6.45) is -4.63. The van der Waals surface area contributed by atoms with Crippen LogP contribution in [0.4, 0.5) is 0 Å². The lowest BCUT2D eigenvalue weighted by Crippen LogP contribution is -2.68. The van der Waals surface area contributed by atoms with Gasteiger partial charge in [0, 0.05) is 20.5 Å². The van der Waals surface area contributed by atoms with Crippen LogP contribution in [0.3, 0.4) is 0 Å². The summed E-state index contributed by atoms with van der Waals surface area (Å²) in [5, 5.41) is 13.5. The van der Waals surface area contributed by atoms with Gasteiger partial charge in [-0.25, -0.2) is 4.79 Å². The average Bonchev–Trinajstić information content (AvgIpc) is 3.00. The van der Waals surface area contributed by atoms with Crippen molar-refractivity contribution in [2.75, 3.05) is 27.1 Å². The summed E-state index contributed by atoms with van der Waals surface area (Å²) >= 11 is 0. The van der Waals surface area contributed by atoms with Gasteiger partial charge in [0.25, 0.3) is 15.9 Å². The Balaban J connectivity index is 2.48. The smallest absolute Gasteiger partial charge is 0.366 e. The van der Waals surface area contributed by atoms with Gasteiger partial charge in [0.05, 0.1) is 26.0 Å². The summed E-state index contributed by atoms with van der Waals surface area (Å²) in [4.78, 5) is 24.3. The number of aliphatic hydroxyl groups is 1. The number of carbonyl (C=O) groups excluding carboxylic acids is 2. The van der Waals surface area contributed by atoms with Gasteiger partial charge in [-0.05, 0) is 13.8 Å². The predicted octanol–water partition coefficient (Wildman–Crippen LogP) is -1.35. The minimum Gasteiger partial charge on any atom is -0.465 e. The zero-order valence-electron chi connectivity index (χ0n) is 17.7. The van der Waals surface area contributed by atoms with E-state index in [9.17, 15) is 23.1 Å². The highest BCUT2D eigenvalue weighted by atomic mass is 32.2. The number of carbonyl (C=O) groups is 2. The third kappa shape index (κ3) is 5.66. The molecule has 6 atom stereocenters. The summed E-state index contributed by atoms with van der Waals surface area (Å²) in [5.74, 6) is -4.56. The molecule has 0 aromatic heterocycles. The Morgan fingerprint density at radius 3 is 2.30 bits per heavy atom. The number of amides is 1. The lowest BCUT2D eigenvalue weighted by atomic mass is 9.88. The van der Waals surface area contributed by atoms with Crippen molar-refractivity contribution in [2.24, 2.45) is 0 Å². The quantitative estimate of drug-likeness (QED) is 0.346. The van der Waals surface area contributed by atoms with Crippen LogP contribution in [0, 0.1) is 0 Å². The van der Waals surface area contributed by atoms with Crippen molar-refractivity contribution in [1.29, 1.82) is 0 Å². The van der Waals surface area contributed by atoms with Crippen LogP contribution in [-0.2, 0) is 47.6 Å². The highest BCUT2D eigenvalue weighted by Gasteiger charge is 2.58. The van der Waals surface area contributed by atoms with Crippen molar-refractivity contribution in [3.05, 3.63) is 0 Å². The maximum atomic E-state index is 12.5. The van der Waals surface area contributed by atoms with Crippen LogP contribution < -0.4 is 5.32 Å². The molecule has 12 nitrogen and oxygen atoms in total. The first kappa shape index (κ1) is 24.9. The minimum absolute atomic E-state index is 0.00335. The Labute approximate surface area is 175 Å². The maximum absolute atomic E-state index is 12.5. The van der Waals surface area contributed by atoms with Crippen LogP contribution in [0.1, 0.15) is 27.2 Å². The molecule has 2 saturated heterocycles. The normalized spacial score (nSPS) is 34.9. The highest BCUT2D eigenvalue weighted by molar-refractivity contribution is 7.86. The second kappa shape index (κ2) is 9.02. The van der Waals surface area contributed by atoms with E-state index in [2.05, 4.69) is 5.32 Å². The molecule has 0 radical (unpaired) electrons. The van der Waals surface area contributed by atoms with Gasteiger partial charge in [0.2, 0.25) is 5.91 Å². The molecular formula is C17H29NO11S. The molecule has 1 amide bonds. The topological polar surface area (TPSA) is 156 Å². The van der Waals surface area contributed by atoms with Crippen LogP contribution in [0.5, 0.6) is 0 Å². The monoisotopic (exact) mass is 455 g/mol. The van der Waals surface area contributed by atoms with Gasteiger partial charge in [-0.1, -0.05) is 0 Å². The van der Waals surface area contributed by atoms with E-state index in [1.54, 1.807) is 13.8 Å². The zero-order valence-corrected chi connectivity index (χ0v) is 18.6. The first-order valence-corrected chi connectivity index (χ1v) is 11.0. The molecular weight excluding hydrogens is 426 g/mol. The van der Waals surface area contributed by atoms with Crippen molar-refractivity contribution in [3.63, 3.8) is 0 Å². The number of ether oxygens (including phenoxy) is 5. The van der Waals surface area contributed by atoms with E-state index in [1.807, 2.05) is 0 Å². The average molecular weight is 455 g/mol. The van der Waals surface area contributed by atoms with E-state index >= 15 is 0 Å². The molecule has 2 fully saturated rings. The van der Waals surface area contributed by atoms with Crippen LogP contribution in [0.25, 0.3) is 0 Å². The number of aliphatic hydroxyl groups excluding tert-OH is 1. The SMILES string of the molecule is COC(=O)[C@@]1(OC)C[C@@H](OS(C)(=O)=O)[C@@H](NC(C)=O)C([C@H](O)[C@H]2COC(C)(C)O2)O1. The predicted molar refractivity (Wildman–Crippen MR) is 99.5 cm³/mol. The maximum Gasteiger partial charge on any atom is 0.366 e. The number of nitrogens with one attached hydrogen (secondary N) is 1.